The van der Waals surface area contributed by atoms with Crippen molar-refractivity contribution in [3.8, 4) is 0 Å². The van der Waals surface area contributed by atoms with Crippen molar-refractivity contribution in [2.75, 3.05) is 18.4 Å². The van der Waals surface area contributed by atoms with Crippen molar-refractivity contribution in [2.45, 2.75) is 63.6 Å². The summed E-state index contributed by atoms with van der Waals surface area (Å²) in [6, 6.07) is 12.7. The number of hydrogen-bond donors (Lipinski definition) is 1. The average molecular weight is 532 g/mol. The second-order valence-electron chi connectivity index (χ2n) is 10.5. The first kappa shape index (κ1) is 26.5. The summed E-state index contributed by atoms with van der Waals surface area (Å²) in [6.45, 7) is 1.64. The van der Waals surface area contributed by atoms with Gasteiger partial charge in [0.2, 0.25) is 5.91 Å². The van der Waals surface area contributed by atoms with Gasteiger partial charge in [-0.2, -0.15) is 22.0 Å². The van der Waals surface area contributed by atoms with E-state index in [1.54, 1.807) is 6.20 Å². The Hall–Kier alpha value is -3.07. The van der Waals surface area contributed by atoms with E-state index in [4.69, 9.17) is 0 Å². The third-order valence-corrected chi connectivity index (χ3v) is 8.11. The maximum Gasteiger partial charge on any atom is 0.458 e. The van der Waals surface area contributed by atoms with Crippen LogP contribution in [0.25, 0.3) is 10.9 Å². The fourth-order valence-corrected chi connectivity index (χ4v) is 5.81. The lowest BCUT2D eigenvalue weighted by Crippen LogP contribution is -2.42. The standard InChI is InChI=1S/C29H30F5N3O/c30-28(31,29(32,33)34)22-9-8-21-19-37(16-11-20(21)18-22)17-14-27(12-4-1-5-13-27)26(38)36-25-10-15-35-24-7-3-2-6-23(24)25/h2-3,6-10,15,18H,1,4-5,11-14,16-17,19H2,(H,35,36,38). The van der Waals surface area contributed by atoms with Gasteiger partial charge in [0.25, 0.3) is 0 Å². The molecule has 1 fully saturated rings. The van der Waals surface area contributed by atoms with Gasteiger partial charge in [0, 0.05) is 30.2 Å². The van der Waals surface area contributed by atoms with Crippen molar-refractivity contribution < 1.29 is 26.7 Å². The highest BCUT2D eigenvalue weighted by Gasteiger charge is 2.58. The minimum Gasteiger partial charge on any atom is -0.325 e. The number of anilines is 1. The summed E-state index contributed by atoms with van der Waals surface area (Å²) in [5.74, 6) is -4.87. The molecule has 0 bridgehead atoms. The van der Waals surface area contributed by atoms with Gasteiger partial charge in [-0.3, -0.25) is 14.7 Å². The van der Waals surface area contributed by atoms with Crippen LogP contribution in [-0.4, -0.2) is 35.1 Å². The molecule has 1 amide bonds. The van der Waals surface area contributed by atoms with Crippen LogP contribution in [0.1, 0.15) is 55.2 Å². The lowest BCUT2D eigenvalue weighted by molar-refractivity contribution is -0.289. The second kappa shape index (κ2) is 10.2. The van der Waals surface area contributed by atoms with Crippen LogP contribution in [0, 0.1) is 5.41 Å². The van der Waals surface area contributed by atoms with Gasteiger partial charge < -0.3 is 5.32 Å². The molecule has 2 heterocycles. The van der Waals surface area contributed by atoms with E-state index in [2.05, 4.69) is 15.2 Å². The number of rotatable bonds is 6. The molecule has 1 saturated carbocycles. The van der Waals surface area contributed by atoms with Gasteiger partial charge in [-0.15, -0.1) is 0 Å². The fraction of sp³-hybridized carbons (Fsp3) is 0.448. The Morgan fingerprint density at radius 2 is 1.74 bits per heavy atom. The number of nitrogens with zero attached hydrogens (tertiary/aromatic N) is 2. The Morgan fingerprint density at radius 3 is 2.50 bits per heavy atom. The number of benzene rings is 2. The number of hydrogen-bond acceptors (Lipinski definition) is 3. The van der Waals surface area contributed by atoms with E-state index in [0.29, 0.717) is 38.0 Å². The first-order chi connectivity index (χ1) is 18.1. The molecule has 0 atom stereocenters. The molecule has 0 unspecified atom stereocenters. The number of alkyl halides is 5. The minimum atomic E-state index is -5.63. The Morgan fingerprint density at radius 1 is 0.974 bits per heavy atom. The number of aromatic nitrogens is 1. The Bertz CT molecular complexity index is 1310. The zero-order valence-electron chi connectivity index (χ0n) is 21.0. The molecule has 0 radical (unpaired) electrons. The molecule has 3 aromatic rings. The normalized spacial score (nSPS) is 18.2. The van der Waals surface area contributed by atoms with Gasteiger partial charge in [0.15, 0.2) is 0 Å². The van der Waals surface area contributed by atoms with Crippen molar-refractivity contribution in [3.05, 3.63) is 71.4 Å². The summed E-state index contributed by atoms with van der Waals surface area (Å²) < 4.78 is 66.1. The van der Waals surface area contributed by atoms with Gasteiger partial charge in [0.05, 0.1) is 16.6 Å². The molecule has 38 heavy (non-hydrogen) atoms. The SMILES string of the molecule is O=C(Nc1ccnc2ccccc12)C1(CCN2CCc3cc(C(F)(F)C(F)(F)F)ccc3C2)CCCCC1. The molecular formula is C29H30F5N3O. The van der Waals surface area contributed by atoms with Crippen LogP contribution in [0.3, 0.4) is 0 Å². The predicted molar refractivity (Wildman–Crippen MR) is 136 cm³/mol. The molecule has 1 N–H and O–H groups in total. The Balaban J connectivity index is 1.28. The Labute approximate surface area is 218 Å². The molecule has 202 valence electrons. The van der Waals surface area contributed by atoms with Crippen LogP contribution in [-0.2, 0) is 23.7 Å². The number of pyridine rings is 1. The number of carbonyl (C=O) groups excluding carboxylic acids is 1. The fourth-order valence-electron chi connectivity index (χ4n) is 5.81. The first-order valence-electron chi connectivity index (χ1n) is 13.0. The molecule has 2 aliphatic rings. The summed E-state index contributed by atoms with van der Waals surface area (Å²) in [7, 11) is 0. The first-order valence-corrected chi connectivity index (χ1v) is 13.0. The highest BCUT2D eigenvalue weighted by Crippen LogP contribution is 2.45. The van der Waals surface area contributed by atoms with Crippen LogP contribution in [0.15, 0.2) is 54.7 Å². The topological polar surface area (TPSA) is 45.2 Å². The van der Waals surface area contributed by atoms with Gasteiger partial charge in [0.1, 0.15) is 0 Å². The number of halogens is 5. The minimum absolute atomic E-state index is 0.00462. The van der Waals surface area contributed by atoms with Crippen molar-refractivity contribution in [1.82, 2.24) is 9.88 Å². The lowest BCUT2D eigenvalue weighted by Gasteiger charge is -2.38. The highest BCUT2D eigenvalue weighted by molar-refractivity contribution is 6.03. The molecule has 0 spiro atoms. The zero-order chi connectivity index (χ0) is 27.0. The lowest BCUT2D eigenvalue weighted by atomic mass is 9.71. The molecule has 5 rings (SSSR count). The summed E-state index contributed by atoms with van der Waals surface area (Å²) in [5, 5.41) is 4.06. The summed E-state index contributed by atoms with van der Waals surface area (Å²) >= 11 is 0. The van der Waals surface area contributed by atoms with Gasteiger partial charge in [-0.25, -0.2) is 0 Å². The smallest absolute Gasteiger partial charge is 0.325 e. The summed E-state index contributed by atoms with van der Waals surface area (Å²) in [6.07, 6.45) is 1.74. The van der Waals surface area contributed by atoms with Crippen LogP contribution in [0.4, 0.5) is 27.6 Å². The number of carbonyl (C=O) groups is 1. The van der Waals surface area contributed by atoms with Crippen LogP contribution < -0.4 is 5.32 Å². The van der Waals surface area contributed by atoms with E-state index in [1.807, 2.05) is 30.3 Å². The molecule has 1 aliphatic carbocycles. The monoisotopic (exact) mass is 531 g/mol. The second-order valence-corrected chi connectivity index (χ2v) is 10.5. The van der Waals surface area contributed by atoms with Crippen molar-refractivity contribution in [3.63, 3.8) is 0 Å². The molecule has 9 heteroatoms. The number of para-hydroxylation sites is 1. The molecule has 4 nitrogen and oxygen atoms in total. The van der Waals surface area contributed by atoms with E-state index < -0.39 is 23.1 Å². The third-order valence-electron chi connectivity index (χ3n) is 8.11. The average Bonchev–Trinajstić information content (AvgIpc) is 2.91. The summed E-state index contributed by atoms with van der Waals surface area (Å²) in [5.41, 5.74) is 1.30. The van der Waals surface area contributed by atoms with Crippen molar-refractivity contribution in [1.29, 1.82) is 0 Å². The third kappa shape index (κ3) is 5.13. The van der Waals surface area contributed by atoms with E-state index in [9.17, 15) is 26.7 Å². The molecule has 0 saturated heterocycles. The number of nitrogens with one attached hydrogen (secondary N) is 1. The van der Waals surface area contributed by atoms with Crippen LogP contribution in [0.2, 0.25) is 0 Å². The predicted octanol–water partition coefficient (Wildman–Crippen LogP) is 7.23. The largest absolute Gasteiger partial charge is 0.458 e. The molecular weight excluding hydrogens is 501 g/mol. The summed E-state index contributed by atoms with van der Waals surface area (Å²) in [4.78, 5) is 20.2. The number of fused-ring (bicyclic) bond motifs is 2. The maximum absolute atomic E-state index is 13.8. The van der Waals surface area contributed by atoms with Crippen molar-refractivity contribution in [2.24, 2.45) is 5.41 Å². The van der Waals surface area contributed by atoms with E-state index >= 15 is 0 Å². The van der Waals surface area contributed by atoms with E-state index in [1.165, 1.54) is 6.07 Å². The number of amides is 1. The van der Waals surface area contributed by atoms with E-state index in [0.717, 1.165) is 66.4 Å². The van der Waals surface area contributed by atoms with Gasteiger partial charge in [-0.1, -0.05) is 49.6 Å². The molecule has 1 aromatic heterocycles. The maximum atomic E-state index is 13.8. The van der Waals surface area contributed by atoms with Gasteiger partial charge >= 0.3 is 12.1 Å². The zero-order valence-corrected chi connectivity index (χ0v) is 21.0. The van der Waals surface area contributed by atoms with Crippen LogP contribution in [0.5, 0.6) is 0 Å². The molecule has 2 aromatic carbocycles. The van der Waals surface area contributed by atoms with Gasteiger partial charge in [-0.05, 0) is 61.6 Å². The quantitative estimate of drug-likeness (QED) is 0.342. The molecule has 1 aliphatic heterocycles. The van der Waals surface area contributed by atoms with E-state index in [-0.39, 0.29) is 5.91 Å². The Kier molecular flexibility index (Phi) is 7.15. The van der Waals surface area contributed by atoms with Crippen LogP contribution >= 0.6 is 0 Å². The highest BCUT2D eigenvalue weighted by atomic mass is 19.4. The van der Waals surface area contributed by atoms with Crippen molar-refractivity contribution >= 4 is 22.5 Å².